The summed E-state index contributed by atoms with van der Waals surface area (Å²) in [7, 11) is 0. The van der Waals surface area contributed by atoms with Crippen molar-refractivity contribution in [2.45, 2.75) is 31.6 Å². The van der Waals surface area contributed by atoms with E-state index in [0.717, 1.165) is 25.7 Å². The fourth-order valence-corrected chi connectivity index (χ4v) is 2.80. The van der Waals surface area contributed by atoms with Gasteiger partial charge in [-0.15, -0.1) is 0 Å². The fraction of sp³-hybridized carbons (Fsp3) is 0.412. The highest BCUT2D eigenvalue weighted by molar-refractivity contribution is 5.83. The number of nitrogens with one attached hydrogen (secondary N) is 1. The molecule has 0 aromatic heterocycles. The molecule has 3 atom stereocenters. The van der Waals surface area contributed by atoms with Gasteiger partial charge < -0.3 is 0 Å². The van der Waals surface area contributed by atoms with Gasteiger partial charge in [-0.1, -0.05) is 42.5 Å². The molecule has 0 radical (unpaired) electrons. The van der Waals surface area contributed by atoms with E-state index in [1.165, 1.54) is 5.56 Å². The van der Waals surface area contributed by atoms with E-state index in [0.29, 0.717) is 11.8 Å². The molecule has 0 bridgehead atoms. The molecule has 1 aromatic carbocycles. The summed E-state index contributed by atoms with van der Waals surface area (Å²) in [5.41, 5.74) is 3.96. The highest BCUT2D eigenvalue weighted by Crippen LogP contribution is 2.47. The number of benzene rings is 1. The average molecular weight is 268 g/mol. The maximum atomic E-state index is 12.0. The molecule has 0 heterocycles. The minimum Gasteiger partial charge on any atom is -0.273 e. The number of rotatable bonds is 4. The Hall–Kier alpha value is -1.90. The quantitative estimate of drug-likeness (QED) is 0.508. The van der Waals surface area contributed by atoms with Gasteiger partial charge in [-0.05, 0) is 43.1 Å². The number of carbonyl (C=O) groups is 1. The monoisotopic (exact) mass is 268 g/mol. The Balaban J connectivity index is 1.47. The second-order valence-corrected chi connectivity index (χ2v) is 5.66. The predicted molar refractivity (Wildman–Crippen MR) is 80.4 cm³/mol. The molecule has 1 saturated carbocycles. The summed E-state index contributed by atoms with van der Waals surface area (Å²) >= 11 is 0. The average Bonchev–Trinajstić information content (AvgIpc) is 3.30. The molecule has 2 aliphatic carbocycles. The van der Waals surface area contributed by atoms with E-state index >= 15 is 0 Å². The molecule has 104 valence electrons. The summed E-state index contributed by atoms with van der Waals surface area (Å²) in [6.45, 7) is 0. The predicted octanol–water partition coefficient (Wildman–Crippen LogP) is 3.25. The Labute approximate surface area is 119 Å². The maximum Gasteiger partial charge on any atom is 0.243 e. The zero-order valence-corrected chi connectivity index (χ0v) is 11.5. The highest BCUT2D eigenvalue weighted by atomic mass is 16.2. The van der Waals surface area contributed by atoms with E-state index in [1.807, 2.05) is 24.4 Å². The normalized spacial score (nSPS) is 28.5. The molecule has 20 heavy (non-hydrogen) atoms. The first-order valence-electron chi connectivity index (χ1n) is 7.37. The van der Waals surface area contributed by atoms with Gasteiger partial charge in [0.25, 0.3) is 0 Å². The van der Waals surface area contributed by atoms with Gasteiger partial charge in [0.15, 0.2) is 0 Å². The first-order valence-corrected chi connectivity index (χ1v) is 7.37. The number of allylic oxidation sites excluding steroid dienone is 2. The van der Waals surface area contributed by atoms with Crippen molar-refractivity contribution < 1.29 is 4.79 Å². The van der Waals surface area contributed by atoms with Gasteiger partial charge in [0.05, 0.1) is 0 Å². The smallest absolute Gasteiger partial charge is 0.243 e. The molecule has 2 aliphatic rings. The van der Waals surface area contributed by atoms with E-state index in [1.54, 1.807) is 0 Å². The molecular weight excluding hydrogens is 248 g/mol. The molecule has 1 N–H and O–H groups in total. The van der Waals surface area contributed by atoms with Gasteiger partial charge in [-0.25, -0.2) is 5.43 Å². The molecular formula is C17H20N2O. The lowest BCUT2D eigenvalue weighted by Gasteiger charge is -2.11. The third-order valence-corrected chi connectivity index (χ3v) is 4.12. The van der Waals surface area contributed by atoms with Crippen LogP contribution in [0.1, 0.15) is 37.2 Å². The van der Waals surface area contributed by atoms with E-state index in [2.05, 4.69) is 34.8 Å². The van der Waals surface area contributed by atoms with Gasteiger partial charge in [0.1, 0.15) is 0 Å². The number of amides is 1. The molecule has 1 aromatic rings. The van der Waals surface area contributed by atoms with E-state index in [9.17, 15) is 4.79 Å². The third kappa shape index (κ3) is 3.16. The van der Waals surface area contributed by atoms with Crippen molar-refractivity contribution in [2.75, 3.05) is 0 Å². The van der Waals surface area contributed by atoms with Crippen molar-refractivity contribution in [3.05, 3.63) is 48.0 Å². The van der Waals surface area contributed by atoms with Crippen LogP contribution in [-0.2, 0) is 4.79 Å². The van der Waals surface area contributed by atoms with Crippen molar-refractivity contribution >= 4 is 12.1 Å². The van der Waals surface area contributed by atoms with Crippen LogP contribution in [0.2, 0.25) is 0 Å². The molecule has 1 fully saturated rings. The Bertz CT molecular complexity index is 521. The number of carbonyl (C=O) groups excluding carboxylic acids is 1. The van der Waals surface area contributed by atoms with Crippen LogP contribution in [0.4, 0.5) is 0 Å². The van der Waals surface area contributed by atoms with Crippen molar-refractivity contribution in [2.24, 2.45) is 16.9 Å². The standard InChI is InChI=1S/C17H20N2O/c20-17(19-18-12-13-7-3-1-4-8-13)16-11-15(16)14-9-5-2-6-10-14/h1-3,5-6,9-10,12-13,15-16H,4,7-8,11H2,(H,19,20)/b18-12-/t13-,15-,16-/m0/s1. The molecule has 0 unspecified atom stereocenters. The maximum absolute atomic E-state index is 12.0. The Morgan fingerprint density at radius 2 is 2.10 bits per heavy atom. The van der Waals surface area contributed by atoms with Crippen LogP contribution in [0.5, 0.6) is 0 Å². The van der Waals surface area contributed by atoms with Crippen LogP contribution in [0.25, 0.3) is 0 Å². The van der Waals surface area contributed by atoms with Crippen LogP contribution in [-0.4, -0.2) is 12.1 Å². The molecule has 1 amide bonds. The van der Waals surface area contributed by atoms with Crippen molar-refractivity contribution in [3.8, 4) is 0 Å². The number of hydrogen-bond donors (Lipinski definition) is 1. The molecule has 0 spiro atoms. The summed E-state index contributed by atoms with van der Waals surface area (Å²) in [5, 5.41) is 4.13. The Morgan fingerprint density at radius 3 is 2.85 bits per heavy atom. The minimum absolute atomic E-state index is 0.0569. The van der Waals surface area contributed by atoms with Crippen LogP contribution < -0.4 is 5.43 Å². The van der Waals surface area contributed by atoms with Crippen molar-refractivity contribution in [3.63, 3.8) is 0 Å². The fourth-order valence-electron chi connectivity index (χ4n) is 2.80. The molecule has 3 nitrogen and oxygen atoms in total. The van der Waals surface area contributed by atoms with Gasteiger partial charge in [-0.2, -0.15) is 5.10 Å². The van der Waals surface area contributed by atoms with Gasteiger partial charge >= 0.3 is 0 Å². The first-order chi connectivity index (χ1) is 9.84. The number of hydrazone groups is 1. The molecule has 0 saturated heterocycles. The van der Waals surface area contributed by atoms with E-state index in [-0.39, 0.29) is 11.8 Å². The largest absolute Gasteiger partial charge is 0.273 e. The van der Waals surface area contributed by atoms with Crippen molar-refractivity contribution in [1.29, 1.82) is 0 Å². The van der Waals surface area contributed by atoms with E-state index < -0.39 is 0 Å². The van der Waals surface area contributed by atoms with Crippen LogP contribution in [0, 0.1) is 11.8 Å². The lowest BCUT2D eigenvalue weighted by molar-refractivity contribution is -0.122. The van der Waals surface area contributed by atoms with Gasteiger partial charge in [0, 0.05) is 12.1 Å². The van der Waals surface area contributed by atoms with Gasteiger partial charge in [-0.3, -0.25) is 4.79 Å². The summed E-state index contributed by atoms with van der Waals surface area (Å²) in [5.74, 6) is 1.01. The zero-order chi connectivity index (χ0) is 13.8. The first kappa shape index (κ1) is 13.1. The molecule has 0 aliphatic heterocycles. The van der Waals surface area contributed by atoms with Crippen LogP contribution in [0.15, 0.2) is 47.6 Å². The molecule has 3 rings (SSSR count). The minimum atomic E-state index is 0.0569. The van der Waals surface area contributed by atoms with Gasteiger partial charge in [0.2, 0.25) is 5.91 Å². The number of hydrogen-bond acceptors (Lipinski definition) is 2. The van der Waals surface area contributed by atoms with Crippen LogP contribution >= 0.6 is 0 Å². The van der Waals surface area contributed by atoms with Crippen molar-refractivity contribution in [1.82, 2.24) is 5.43 Å². The number of nitrogens with zero attached hydrogens (tertiary/aromatic N) is 1. The topological polar surface area (TPSA) is 41.5 Å². The Morgan fingerprint density at radius 1 is 1.25 bits per heavy atom. The third-order valence-electron chi connectivity index (χ3n) is 4.12. The Kier molecular flexibility index (Phi) is 3.95. The second kappa shape index (κ2) is 6.04. The SMILES string of the molecule is O=C(N/N=C\[C@H]1CC=CCC1)[C@H]1C[C@H]1c1ccccc1. The molecule has 3 heteroatoms. The zero-order valence-electron chi connectivity index (χ0n) is 11.5. The summed E-state index contributed by atoms with van der Waals surface area (Å²) < 4.78 is 0. The van der Waals surface area contributed by atoms with E-state index in [4.69, 9.17) is 0 Å². The highest BCUT2D eigenvalue weighted by Gasteiger charge is 2.43. The lowest BCUT2D eigenvalue weighted by atomic mass is 9.96. The summed E-state index contributed by atoms with van der Waals surface area (Å²) in [4.78, 5) is 12.0. The summed E-state index contributed by atoms with van der Waals surface area (Å²) in [6, 6.07) is 10.2. The second-order valence-electron chi connectivity index (χ2n) is 5.66. The van der Waals surface area contributed by atoms with Crippen LogP contribution in [0.3, 0.4) is 0 Å². The lowest BCUT2D eigenvalue weighted by Crippen LogP contribution is -2.21. The summed E-state index contributed by atoms with van der Waals surface area (Å²) in [6.07, 6.45) is 10.5.